The minimum Gasteiger partial charge on any atom is -0.394 e. The number of carbonyl (C=O) groups is 1. The molecule has 4 rings (SSSR count). The average molecular weight is 483 g/mol. The van der Waals surface area contributed by atoms with Gasteiger partial charge in [-0.25, -0.2) is 12.8 Å². The molecule has 8 heteroatoms. The molecular weight excluding hydrogens is 455 g/mol. The number of rotatable bonds is 6. The maximum absolute atomic E-state index is 16.2. The molecule has 0 radical (unpaired) electrons. The molecule has 34 heavy (non-hydrogen) atoms. The van der Waals surface area contributed by atoms with Gasteiger partial charge in [0.05, 0.1) is 23.2 Å². The molecule has 1 amide bonds. The van der Waals surface area contributed by atoms with Crippen LogP contribution in [-0.2, 0) is 21.2 Å². The maximum Gasteiger partial charge on any atom is 0.264 e. The van der Waals surface area contributed by atoms with Gasteiger partial charge in [-0.2, -0.15) is 0 Å². The van der Waals surface area contributed by atoms with Crippen LogP contribution in [0.3, 0.4) is 0 Å². The number of nitrogens with zero attached hydrogens (tertiary/aromatic N) is 1. The van der Waals surface area contributed by atoms with Crippen molar-refractivity contribution in [2.24, 2.45) is 0 Å². The first kappa shape index (κ1) is 23.9. The zero-order chi connectivity index (χ0) is 24.3. The van der Waals surface area contributed by atoms with Gasteiger partial charge in [0.2, 0.25) is 0 Å². The Morgan fingerprint density at radius 1 is 1.06 bits per heavy atom. The van der Waals surface area contributed by atoms with E-state index in [4.69, 9.17) is 0 Å². The van der Waals surface area contributed by atoms with E-state index < -0.39 is 34.2 Å². The number of hydrogen-bond donors (Lipinski definition) is 2. The van der Waals surface area contributed by atoms with Gasteiger partial charge in [-0.1, -0.05) is 66.2 Å². The molecule has 0 saturated carbocycles. The quantitative estimate of drug-likeness (QED) is 0.561. The molecule has 0 fully saturated rings. The Morgan fingerprint density at radius 3 is 2.38 bits per heavy atom. The van der Waals surface area contributed by atoms with Crippen LogP contribution in [0.25, 0.3) is 0 Å². The van der Waals surface area contributed by atoms with Crippen LogP contribution in [0, 0.1) is 6.92 Å². The Balaban J connectivity index is 1.65. The summed E-state index contributed by atoms with van der Waals surface area (Å²) in [7, 11) is -3.97. The van der Waals surface area contributed by atoms with E-state index in [-0.39, 0.29) is 24.3 Å². The van der Waals surface area contributed by atoms with Crippen molar-refractivity contribution < 1.29 is 22.7 Å². The van der Waals surface area contributed by atoms with Crippen LogP contribution in [0.4, 0.5) is 10.1 Å². The Bertz CT molecular complexity index is 1270. The van der Waals surface area contributed by atoms with Crippen LogP contribution >= 0.6 is 0 Å². The number of para-hydroxylation sites is 1. The second-order valence-corrected chi connectivity index (χ2v) is 10.4. The fourth-order valence-corrected chi connectivity index (χ4v) is 5.68. The van der Waals surface area contributed by atoms with Crippen LogP contribution in [0.1, 0.15) is 29.2 Å². The predicted molar refractivity (Wildman–Crippen MR) is 129 cm³/mol. The largest absolute Gasteiger partial charge is 0.394 e. The highest BCUT2D eigenvalue weighted by atomic mass is 32.2. The smallest absolute Gasteiger partial charge is 0.264 e. The maximum atomic E-state index is 16.2. The van der Waals surface area contributed by atoms with E-state index in [2.05, 4.69) is 5.32 Å². The Morgan fingerprint density at radius 2 is 1.71 bits per heavy atom. The summed E-state index contributed by atoms with van der Waals surface area (Å²) < 4.78 is 44.3. The zero-order valence-corrected chi connectivity index (χ0v) is 19.6. The molecule has 1 aliphatic heterocycles. The number of aliphatic hydroxyl groups is 1. The van der Waals surface area contributed by atoms with Crippen molar-refractivity contribution in [2.75, 3.05) is 17.5 Å². The fraction of sp³-hybridized carbons (Fsp3) is 0.269. The highest BCUT2D eigenvalue weighted by Crippen LogP contribution is 2.37. The number of aliphatic hydroxyl groups excluding tert-OH is 1. The second-order valence-electron chi connectivity index (χ2n) is 8.53. The van der Waals surface area contributed by atoms with Crippen molar-refractivity contribution in [3.63, 3.8) is 0 Å². The molecule has 6 nitrogen and oxygen atoms in total. The van der Waals surface area contributed by atoms with Crippen LogP contribution in [0.2, 0.25) is 0 Å². The number of nitrogens with one attached hydrogen (secondary N) is 1. The van der Waals surface area contributed by atoms with Crippen molar-refractivity contribution >= 4 is 21.6 Å². The third kappa shape index (κ3) is 4.69. The molecule has 0 aliphatic carbocycles. The molecular formula is C26H27FN2O4S. The summed E-state index contributed by atoms with van der Waals surface area (Å²) >= 11 is 0. The van der Waals surface area contributed by atoms with Gasteiger partial charge in [0, 0.05) is 19.4 Å². The standard InChI is InChI=1S/C26H27FN2O4S/c1-19-11-13-22(14-12-19)34(32,33)29-16-15-26(27,17-21-9-5-6-10-24(21)29)25(31)28-23(18-30)20-7-3-2-4-8-20/h2-14,23,30H,15-18H2,1H3,(H,28,31)/t23-,26?/m0/s1. The third-order valence-electron chi connectivity index (χ3n) is 6.15. The number of aryl methyl sites for hydroxylation is 1. The van der Waals surface area contributed by atoms with Crippen LogP contribution in [0.15, 0.2) is 83.8 Å². The van der Waals surface area contributed by atoms with Gasteiger partial charge in [-0.3, -0.25) is 9.10 Å². The number of benzene rings is 3. The first-order valence-electron chi connectivity index (χ1n) is 11.1. The van der Waals surface area contributed by atoms with Crippen molar-refractivity contribution in [3.05, 3.63) is 95.6 Å². The average Bonchev–Trinajstić information content (AvgIpc) is 3.00. The molecule has 3 aromatic carbocycles. The molecule has 1 aliphatic rings. The number of carbonyl (C=O) groups excluding carboxylic acids is 1. The summed E-state index contributed by atoms with van der Waals surface area (Å²) in [6, 6.07) is 21.2. The predicted octanol–water partition coefficient (Wildman–Crippen LogP) is 3.69. The van der Waals surface area contributed by atoms with Gasteiger partial charge in [0.1, 0.15) is 0 Å². The summed E-state index contributed by atoms with van der Waals surface area (Å²) in [5.74, 6) is -0.875. The molecule has 0 bridgehead atoms. The van der Waals surface area contributed by atoms with Gasteiger partial charge >= 0.3 is 0 Å². The molecule has 0 saturated heterocycles. The number of anilines is 1. The molecule has 3 aromatic rings. The third-order valence-corrected chi connectivity index (χ3v) is 7.98. The van der Waals surface area contributed by atoms with E-state index in [1.54, 1.807) is 60.7 Å². The molecule has 178 valence electrons. The molecule has 0 spiro atoms. The minimum atomic E-state index is -3.97. The lowest BCUT2D eigenvalue weighted by Gasteiger charge is -2.27. The monoisotopic (exact) mass is 482 g/mol. The fourth-order valence-electron chi connectivity index (χ4n) is 4.18. The number of alkyl halides is 1. The highest BCUT2D eigenvalue weighted by Gasteiger charge is 2.44. The zero-order valence-electron chi connectivity index (χ0n) is 18.8. The topological polar surface area (TPSA) is 86.7 Å². The van der Waals surface area contributed by atoms with Gasteiger partial charge in [0.15, 0.2) is 5.67 Å². The summed E-state index contributed by atoms with van der Waals surface area (Å²) in [6.45, 7) is 1.27. The van der Waals surface area contributed by atoms with Crippen LogP contribution < -0.4 is 9.62 Å². The first-order valence-corrected chi connectivity index (χ1v) is 12.5. The van der Waals surface area contributed by atoms with Crippen molar-refractivity contribution in [2.45, 2.75) is 36.4 Å². The molecule has 2 N–H and O–H groups in total. The number of hydrogen-bond acceptors (Lipinski definition) is 4. The molecule has 2 atom stereocenters. The molecule has 0 aromatic heterocycles. The van der Waals surface area contributed by atoms with Crippen molar-refractivity contribution in [1.29, 1.82) is 0 Å². The van der Waals surface area contributed by atoms with E-state index in [1.807, 2.05) is 13.0 Å². The van der Waals surface area contributed by atoms with E-state index >= 15 is 4.39 Å². The SMILES string of the molecule is Cc1ccc(S(=O)(=O)N2CCC(F)(C(=O)N[C@@H](CO)c3ccccc3)Cc3ccccc32)cc1. The lowest BCUT2D eigenvalue weighted by atomic mass is 9.92. The van der Waals surface area contributed by atoms with Gasteiger partial charge in [0.25, 0.3) is 15.9 Å². The second kappa shape index (κ2) is 9.56. The van der Waals surface area contributed by atoms with Gasteiger partial charge < -0.3 is 10.4 Å². The number of amides is 1. The first-order chi connectivity index (χ1) is 16.2. The number of fused-ring (bicyclic) bond motifs is 1. The van der Waals surface area contributed by atoms with E-state index in [0.717, 1.165) is 5.56 Å². The van der Waals surface area contributed by atoms with E-state index in [0.29, 0.717) is 16.8 Å². The van der Waals surface area contributed by atoms with Gasteiger partial charge in [-0.15, -0.1) is 0 Å². The van der Waals surface area contributed by atoms with E-state index in [1.165, 1.54) is 16.4 Å². The van der Waals surface area contributed by atoms with Gasteiger partial charge in [-0.05, 0) is 36.2 Å². The lowest BCUT2D eigenvalue weighted by molar-refractivity contribution is -0.134. The Kier molecular flexibility index (Phi) is 6.72. The minimum absolute atomic E-state index is 0.105. The molecule has 1 heterocycles. The summed E-state index contributed by atoms with van der Waals surface area (Å²) in [5.41, 5.74) is 0.00683. The summed E-state index contributed by atoms with van der Waals surface area (Å²) in [6.07, 6.45) is -0.604. The number of sulfonamides is 1. The normalized spacial score (nSPS) is 19.1. The highest BCUT2D eigenvalue weighted by molar-refractivity contribution is 7.92. The Labute approximate surface area is 199 Å². The van der Waals surface area contributed by atoms with Crippen molar-refractivity contribution in [3.8, 4) is 0 Å². The Hall–Kier alpha value is -3.23. The summed E-state index contributed by atoms with van der Waals surface area (Å²) in [5, 5.41) is 12.4. The van der Waals surface area contributed by atoms with Crippen LogP contribution in [-0.4, -0.2) is 38.3 Å². The van der Waals surface area contributed by atoms with E-state index in [9.17, 15) is 18.3 Å². The van der Waals surface area contributed by atoms with Crippen LogP contribution in [0.5, 0.6) is 0 Å². The molecule has 1 unspecified atom stereocenters. The number of halogens is 1. The summed E-state index contributed by atoms with van der Waals surface area (Å²) in [4.78, 5) is 13.2. The lowest BCUT2D eigenvalue weighted by Crippen LogP contribution is -2.48. The van der Waals surface area contributed by atoms with Crippen molar-refractivity contribution in [1.82, 2.24) is 5.32 Å².